The Kier molecular flexibility index (Phi) is 4.77. The van der Waals surface area contributed by atoms with Crippen LogP contribution in [0.15, 0.2) is 39.4 Å². The van der Waals surface area contributed by atoms with Crippen LogP contribution in [0.2, 0.25) is 0 Å². The van der Waals surface area contributed by atoms with Crippen molar-refractivity contribution in [3.8, 4) is 0 Å². The number of hydrogen-bond donors (Lipinski definition) is 1. The fraction of sp³-hybridized carbons (Fsp3) is 0.333. The lowest BCUT2D eigenvalue weighted by Gasteiger charge is -2.17. The molecule has 1 atom stereocenters. The first kappa shape index (κ1) is 14.3. The van der Waals surface area contributed by atoms with Crippen LogP contribution in [0, 0.1) is 12.7 Å². The summed E-state index contributed by atoms with van der Waals surface area (Å²) in [6.45, 7) is 4.90. The van der Waals surface area contributed by atoms with Gasteiger partial charge in [-0.15, -0.1) is 0 Å². The number of halogens is 2. The van der Waals surface area contributed by atoms with Gasteiger partial charge < -0.3 is 9.73 Å². The Labute approximate surface area is 121 Å². The van der Waals surface area contributed by atoms with Gasteiger partial charge in [-0.1, -0.05) is 13.0 Å². The minimum absolute atomic E-state index is 0.182. The molecular formula is C15H17BrFNO. The minimum Gasteiger partial charge on any atom is -0.469 e. The van der Waals surface area contributed by atoms with E-state index in [0.29, 0.717) is 4.47 Å². The first-order valence-electron chi connectivity index (χ1n) is 6.33. The number of likely N-dealkylation sites (N-methyl/N-ethyl adjacent to an activating group) is 1. The normalized spacial score (nSPS) is 12.6. The Hall–Kier alpha value is -1.13. The van der Waals surface area contributed by atoms with Crippen molar-refractivity contribution < 1.29 is 8.81 Å². The maximum absolute atomic E-state index is 13.2. The molecule has 2 aromatic rings. The van der Waals surface area contributed by atoms with Crippen LogP contribution < -0.4 is 5.32 Å². The molecule has 0 saturated heterocycles. The molecule has 102 valence electrons. The van der Waals surface area contributed by atoms with E-state index in [4.69, 9.17) is 4.42 Å². The van der Waals surface area contributed by atoms with Crippen LogP contribution in [0.25, 0.3) is 0 Å². The molecule has 0 saturated carbocycles. The maximum Gasteiger partial charge on any atom is 0.137 e. The number of benzene rings is 1. The average Bonchev–Trinajstić information content (AvgIpc) is 2.79. The monoisotopic (exact) mass is 325 g/mol. The molecule has 0 bridgehead atoms. The molecule has 4 heteroatoms. The second kappa shape index (κ2) is 6.35. The van der Waals surface area contributed by atoms with Crippen LogP contribution in [-0.2, 0) is 6.42 Å². The first-order chi connectivity index (χ1) is 9.11. The molecule has 2 rings (SSSR count). The predicted octanol–water partition coefficient (Wildman–Crippen LogP) is 4.38. The molecule has 1 heterocycles. The molecule has 0 fully saturated rings. The molecule has 0 aliphatic rings. The van der Waals surface area contributed by atoms with E-state index >= 15 is 0 Å². The Morgan fingerprint density at radius 1 is 1.37 bits per heavy atom. The van der Waals surface area contributed by atoms with Crippen LogP contribution in [0.3, 0.4) is 0 Å². The van der Waals surface area contributed by atoms with Gasteiger partial charge in [0.15, 0.2) is 0 Å². The highest BCUT2D eigenvalue weighted by molar-refractivity contribution is 9.10. The minimum atomic E-state index is -0.233. The molecule has 0 radical (unpaired) electrons. The lowest BCUT2D eigenvalue weighted by molar-refractivity contribution is 0.501. The summed E-state index contributed by atoms with van der Waals surface area (Å²) in [4.78, 5) is 0. The second-order valence-corrected chi connectivity index (χ2v) is 5.35. The van der Waals surface area contributed by atoms with Gasteiger partial charge in [0.1, 0.15) is 11.6 Å². The predicted molar refractivity (Wildman–Crippen MR) is 77.7 cm³/mol. The van der Waals surface area contributed by atoms with Crippen molar-refractivity contribution in [1.82, 2.24) is 5.32 Å². The molecule has 0 amide bonds. The molecule has 0 aliphatic carbocycles. The number of rotatable bonds is 5. The fourth-order valence-corrected chi connectivity index (χ4v) is 2.62. The summed E-state index contributed by atoms with van der Waals surface area (Å²) < 4.78 is 19.1. The Morgan fingerprint density at radius 2 is 2.16 bits per heavy atom. The molecule has 1 unspecified atom stereocenters. The number of furan rings is 1. The van der Waals surface area contributed by atoms with E-state index in [0.717, 1.165) is 29.9 Å². The van der Waals surface area contributed by atoms with Crippen LogP contribution in [-0.4, -0.2) is 6.54 Å². The van der Waals surface area contributed by atoms with Gasteiger partial charge in [-0.05, 0) is 59.6 Å². The van der Waals surface area contributed by atoms with Gasteiger partial charge in [0.05, 0.1) is 10.7 Å². The number of nitrogens with one attached hydrogen (secondary N) is 1. The third kappa shape index (κ3) is 3.45. The fourth-order valence-electron chi connectivity index (χ4n) is 2.20. The molecule has 1 aromatic carbocycles. The molecular weight excluding hydrogens is 309 g/mol. The van der Waals surface area contributed by atoms with E-state index in [9.17, 15) is 4.39 Å². The highest BCUT2D eigenvalue weighted by Crippen LogP contribution is 2.25. The quantitative estimate of drug-likeness (QED) is 0.882. The smallest absolute Gasteiger partial charge is 0.137 e. The van der Waals surface area contributed by atoms with Gasteiger partial charge in [-0.3, -0.25) is 0 Å². The summed E-state index contributed by atoms with van der Waals surface area (Å²) >= 11 is 3.22. The Balaban J connectivity index is 2.21. The highest BCUT2D eigenvalue weighted by Gasteiger charge is 2.16. The third-order valence-corrected chi connectivity index (χ3v) is 3.76. The van der Waals surface area contributed by atoms with Crippen LogP contribution >= 0.6 is 15.9 Å². The van der Waals surface area contributed by atoms with Crippen molar-refractivity contribution in [2.24, 2.45) is 0 Å². The van der Waals surface area contributed by atoms with E-state index in [2.05, 4.69) is 28.2 Å². The summed E-state index contributed by atoms with van der Waals surface area (Å²) in [5, 5.41) is 3.44. The van der Waals surface area contributed by atoms with E-state index in [1.165, 1.54) is 6.07 Å². The topological polar surface area (TPSA) is 25.2 Å². The van der Waals surface area contributed by atoms with Gasteiger partial charge >= 0.3 is 0 Å². The number of hydrogen-bond acceptors (Lipinski definition) is 2. The molecule has 0 aliphatic heterocycles. The summed E-state index contributed by atoms with van der Waals surface area (Å²) in [5.74, 6) is 0.690. The van der Waals surface area contributed by atoms with Gasteiger partial charge in [0, 0.05) is 11.6 Å². The van der Waals surface area contributed by atoms with E-state index in [-0.39, 0.29) is 11.9 Å². The first-order valence-corrected chi connectivity index (χ1v) is 7.12. The zero-order chi connectivity index (χ0) is 13.8. The molecule has 0 spiro atoms. The van der Waals surface area contributed by atoms with Crippen LogP contribution in [0.1, 0.15) is 29.9 Å². The molecule has 2 nitrogen and oxygen atoms in total. The lowest BCUT2D eigenvalue weighted by Crippen LogP contribution is -2.23. The maximum atomic E-state index is 13.2. The largest absolute Gasteiger partial charge is 0.469 e. The van der Waals surface area contributed by atoms with Crippen molar-refractivity contribution in [3.63, 3.8) is 0 Å². The highest BCUT2D eigenvalue weighted by atomic mass is 79.9. The van der Waals surface area contributed by atoms with Gasteiger partial charge in [0.2, 0.25) is 0 Å². The van der Waals surface area contributed by atoms with E-state index in [1.807, 2.05) is 25.1 Å². The van der Waals surface area contributed by atoms with E-state index in [1.54, 1.807) is 6.26 Å². The van der Waals surface area contributed by atoms with E-state index < -0.39 is 0 Å². The summed E-state index contributed by atoms with van der Waals surface area (Å²) in [6.07, 6.45) is 2.50. The molecule has 19 heavy (non-hydrogen) atoms. The zero-order valence-corrected chi connectivity index (χ0v) is 12.6. The van der Waals surface area contributed by atoms with Gasteiger partial charge in [-0.2, -0.15) is 0 Å². The average molecular weight is 326 g/mol. The van der Waals surface area contributed by atoms with Gasteiger partial charge in [0.25, 0.3) is 0 Å². The standard InChI is InChI=1S/C15H17BrFNO/c1-3-18-15(12-6-7-19-10(12)2)9-11-4-5-14(17)13(16)8-11/h4-8,15,18H,3,9H2,1-2H3. The van der Waals surface area contributed by atoms with Crippen molar-refractivity contribution in [3.05, 3.63) is 57.7 Å². The Morgan fingerprint density at radius 3 is 2.74 bits per heavy atom. The Bertz CT molecular complexity index is 553. The zero-order valence-electron chi connectivity index (χ0n) is 11.0. The SMILES string of the molecule is CCNC(Cc1ccc(F)c(Br)c1)c1ccoc1C. The van der Waals surface area contributed by atoms with Gasteiger partial charge in [-0.25, -0.2) is 4.39 Å². The van der Waals surface area contributed by atoms with Crippen LogP contribution in [0.5, 0.6) is 0 Å². The van der Waals surface area contributed by atoms with Crippen molar-refractivity contribution in [2.75, 3.05) is 6.54 Å². The number of aryl methyl sites for hydroxylation is 1. The summed E-state index contributed by atoms with van der Waals surface area (Å²) in [5.41, 5.74) is 2.24. The summed E-state index contributed by atoms with van der Waals surface area (Å²) in [6, 6.07) is 7.31. The third-order valence-electron chi connectivity index (χ3n) is 3.15. The van der Waals surface area contributed by atoms with Crippen molar-refractivity contribution in [1.29, 1.82) is 0 Å². The van der Waals surface area contributed by atoms with Crippen LogP contribution in [0.4, 0.5) is 4.39 Å². The summed E-state index contributed by atoms with van der Waals surface area (Å²) in [7, 11) is 0. The second-order valence-electron chi connectivity index (χ2n) is 4.49. The molecule has 1 aromatic heterocycles. The molecule has 1 N–H and O–H groups in total. The van der Waals surface area contributed by atoms with Crippen molar-refractivity contribution >= 4 is 15.9 Å². The lowest BCUT2D eigenvalue weighted by atomic mass is 9.99. The van der Waals surface area contributed by atoms with Crippen molar-refractivity contribution in [2.45, 2.75) is 26.3 Å².